The zero-order valence-corrected chi connectivity index (χ0v) is 21.5. The lowest BCUT2D eigenvalue weighted by molar-refractivity contribution is 0.355. The Labute approximate surface area is 207 Å². The molecule has 0 atom stereocenters. The standard InChI is InChI=1S/C29H32N4O2/c1-19-15-20(2)28(21(3)16-19)31-27-18-24(22-13-14-25(34-6)26(17-22)35-7)30-29(33(27)5)32(4)23-11-9-8-10-12-23/h8-18H,1-7H3/b31-27-. The molecule has 0 spiro atoms. The average Bonchev–Trinajstić information content (AvgIpc) is 2.86. The minimum atomic E-state index is 0.654. The van der Waals surface area contributed by atoms with E-state index in [1.54, 1.807) is 14.2 Å². The Morgan fingerprint density at radius 2 is 1.49 bits per heavy atom. The summed E-state index contributed by atoms with van der Waals surface area (Å²) in [4.78, 5) is 12.2. The quantitative estimate of drug-likeness (QED) is 0.347. The van der Waals surface area contributed by atoms with Crippen LogP contribution in [0.15, 0.2) is 71.7 Å². The van der Waals surface area contributed by atoms with Crippen LogP contribution < -0.4 is 19.9 Å². The number of benzene rings is 3. The smallest absolute Gasteiger partial charge is 0.211 e. The van der Waals surface area contributed by atoms with Gasteiger partial charge in [-0.25, -0.2) is 9.98 Å². The van der Waals surface area contributed by atoms with Crippen molar-refractivity contribution in [2.24, 2.45) is 12.0 Å². The minimum absolute atomic E-state index is 0.654. The maximum absolute atomic E-state index is 5.55. The average molecular weight is 469 g/mol. The van der Waals surface area contributed by atoms with Crippen LogP contribution in [0.4, 0.5) is 17.3 Å². The molecule has 0 saturated carbocycles. The molecule has 0 fully saturated rings. The van der Waals surface area contributed by atoms with Gasteiger partial charge < -0.3 is 14.4 Å². The fourth-order valence-electron chi connectivity index (χ4n) is 4.32. The fourth-order valence-corrected chi connectivity index (χ4v) is 4.32. The van der Waals surface area contributed by atoms with Crippen LogP contribution in [0.25, 0.3) is 11.3 Å². The summed E-state index contributed by atoms with van der Waals surface area (Å²) in [6.07, 6.45) is 0. The van der Waals surface area contributed by atoms with E-state index in [0.29, 0.717) is 11.5 Å². The monoisotopic (exact) mass is 468 g/mol. The highest BCUT2D eigenvalue weighted by molar-refractivity contribution is 5.66. The third-order valence-electron chi connectivity index (χ3n) is 6.11. The molecule has 0 amide bonds. The van der Waals surface area contributed by atoms with Crippen LogP contribution in [0.2, 0.25) is 0 Å². The van der Waals surface area contributed by atoms with Gasteiger partial charge in [0.2, 0.25) is 5.95 Å². The van der Waals surface area contributed by atoms with Crippen molar-refractivity contribution < 1.29 is 9.47 Å². The highest BCUT2D eigenvalue weighted by Crippen LogP contribution is 2.32. The summed E-state index contributed by atoms with van der Waals surface area (Å²) in [5, 5.41) is 0. The summed E-state index contributed by atoms with van der Waals surface area (Å²) in [7, 11) is 7.28. The minimum Gasteiger partial charge on any atom is -0.493 e. The predicted octanol–water partition coefficient (Wildman–Crippen LogP) is 6.03. The van der Waals surface area contributed by atoms with Crippen molar-refractivity contribution in [2.75, 3.05) is 26.2 Å². The molecular weight excluding hydrogens is 436 g/mol. The summed E-state index contributed by atoms with van der Waals surface area (Å²) in [5.41, 5.74) is 8.04. The maximum Gasteiger partial charge on any atom is 0.211 e. The van der Waals surface area contributed by atoms with Crippen LogP contribution in [-0.2, 0) is 7.05 Å². The highest BCUT2D eigenvalue weighted by atomic mass is 16.5. The molecule has 4 rings (SSSR count). The zero-order valence-electron chi connectivity index (χ0n) is 21.5. The Kier molecular flexibility index (Phi) is 6.92. The van der Waals surface area contributed by atoms with Gasteiger partial charge in [-0.05, 0) is 62.2 Å². The number of methoxy groups -OCH3 is 2. The summed E-state index contributed by atoms with van der Waals surface area (Å²) in [5.74, 6) is 2.10. The van der Waals surface area contributed by atoms with Gasteiger partial charge in [-0.2, -0.15) is 0 Å². The second-order valence-corrected chi connectivity index (χ2v) is 8.68. The van der Waals surface area contributed by atoms with Crippen LogP contribution in [0, 0.1) is 20.8 Å². The Morgan fingerprint density at radius 3 is 2.11 bits per heavy atom. The summed E-state index contributed by atoms with van der Waals surface area (Å²) < 4.78 is 13.0. The fraction of sp³-hybridized carbons (Fsp3) is 0.241. The molecule has 1 heterocycles. The molecule has 4 aromatic rings. The van der Waals surface area contributed by atoms with Gasteiger partial charge in [-0.15, -0.1) is 0 Å². The van der Waals surface area contributed by atoms with E-state index in [2.05, 4.69) is 49.9 Å². The molecule has 0 aliphatic heterocycles. The van der Waals surface area contributed by atoms with Crippen molar-refractivity contribution in [1.82, 2.24) is 9.55 Å². The predicted molar refractivity (Wildman–Crippen MR) is 142 cm³/mol. The number of aryl methyl sites for hydroxylation is 3. The molecule has 0 saturated heterocycles. The molecule has 1 aromatic heterocycles. The van der Waals surface area contributed by atoms with Crippen LogP contribution >= 0.6 is 0 Å². The third-order valence-corrected chi connectivity index (χ3v) is 6.11. The molecule has 0 radical (unpaired) electrons. The molecule has 6 heteroatoms. The number of para-hydroxylation sites is 1. The van der Waals surface area contributed by atoms with Gasteiger partial charge >= 0.3 is 0 Å². The van der Waals surface area contributed by atoms with Crippen LogP contribution in [0.3, 0.4) is 0 Å². The lowest BCUT2D eigenvalue weighted by Crippen LogP contribution is -2.26. The lowest BCUT2D eigenvalue weighted by atomic mass is 10.1. The van der Waals surface area contributed by atoms with Gasteiger partial charge in [0.05, 0.1) is 25.6 Å². The number of aromatic nitrogens is 2. The number of hydrogen-bond donors (Lipinski definition) is 0. The number of anilines is 2. The SMILES string of the molecule is COc1ccc(-c2c/c(=N/c3c(C)cc(C)cc3C)n(C)c(N(C)c3ccccc3)n2)cc1OC. The first-order valence-electron chi connectivity index (χ1n) is 11.5. The van der Waals surface area contributed by atoms with Crippen LogP contribution in [0.5, 0.6) is 11.5 Å². The summed E-state index contributed by atoms with van der Waals surface area (Å²) in [6, 6.07) is 22.4. The Morgan fingerprint density at radius 1 is 0.829 bits per heavy atom. The molecule has 0 aliphatic rings. The highest BCUT2D eigenvalue weighted by Gasteiger charge is 2.15. The van der Waals surface area contributed by atoms with Crippen molar-refractivity contribution in [1.29, 1.82) is 0 Å². The molecule has 0 unspecified atom stereocenters. The van der Waals surface area contributed by atoms with Gasteiger partial charge in [0.15, 0.2) is 11.5 Å². The first-order valence-corrected chi connectivity index (χ1v) is 11.5. The first kappa shape index (κ1) is 24.1. The second kappa shape index (κ2) is 10.1. The van der Waals surface area contributed by atoms with E-state index in [9.17, 15) is 0 Å². The Bertz CT molecular complexity index is 1400. The van der Waals surface area contributed by atoms with E-state index in [4.69, 9.17) is 19.5 Å². The number of rotatable bonds is 6. The van der Waals surface area contributed by atoms with Gasteiger partial charge in [-0.3, -0.25) is 4.57 Å². The van der Waals surface area contributed by atoms with Crippen molar-refractivity contribution in [3.8, 4) is 22.8 Å². The van der Waals surface area contributed by atoms with Gasteiger partial charge in [-0.1, -0.05) is 35.9 Å². The van der Waals surface area contributed by atoms with Crippen molar-refractivity contribution >= 4 is 17.3 Å². The summed E-state index contributed by atoms with van der Waals surface area (Å²) >= 11 is 0. The number of hydrogen-bond acceptors (Lipinski definition) is 5. The summed E-state index contributed by atoms with van der Waals surface area (Å²) in [6.45, 7) is 6.32. The van der Waals surface area contributed by atoms with E-state index < -0.39 is 0 Å². The third kappa shape index (κ3) is 4.92. The largest absolute Gasteiger partial charge is 0.493 e. The van der Waals surface area contributed by atoms with Gasteiger partial charge in [0.1, 0.15) is 5.49 Å². The molecule has 0 N–H and O–H groups in total. The molecule has 180 valence electrons. The molecule has 3 aromatic carbocycles. The van der Waals surface area contributed by atoms with E-state index in [1.165, 1.54) is 5.56 Å². The molecule has 35 heavy (non-hydrogen) atoms. The van der Waals surface area contributed by atoms with Crippen molar-refractivity contribution in [3.63, 3.8) is 0 Å². The van der Waals surface area contributed by atoms with E-state index in [-0.39, 0.29) is 0 Å². The number of nitrogens with zero attached hydrogens (tertiary/aromatic N) is 4. The van der Waals surface area contributed by atoms with Crippen molar-refractivity contribution in [3.05, 3.63) is 88.9 Å². The van der Waals surface area contributed by atoms with Gasteiger partial charge in [0.25, 0.3) is 0 Å². The Balaban J connectivity index is 1.98. The normalized spacial score (nSPS) is 11.5. The zero-order chi connectivity index (χ0) is 25.1. The van der Waals surface area contributed by atoms with E-state index in [1.807, 2.05) is 61.1 Å². The second-order valence-electron chi connectivity index (χ2n) is 8.68. The van der Waals surface area contributed by atoms with E-state index in [0.717, 1.165) is 45.2 Å². The molecule has 0 bridgehead atoms. The molecule has 6 nitrogen and oxygen atoms in total. The lowest BCUT2D eigenvalue weighted by Gasteiger charge is -2.22. The molecule has 0 aliphatic carbocycles. The number of ether oxygens (including phenoxy) is 2. The Hall–Kier alpha value is -4.06. The topological polar surface area (TPSA) is 51.9 Å². The first-order chi connectivity index (χ1) is 16.8. The van der Waals surface area contributed by atoms with E-state index >= 15 is 0 Å². The van der Waals surface area contributed by atoms with Crippen LogP contribution in [-0.4, -0.2) is 30.8 Å². The molecular formula is C29H32N4O2. The van der Waals surface area contributed by atoms with Gasteiger partial charge in [0, 0.05) is 31.4 Å². The van der Waals surface area contributed by atoms with Crippen molar-refractivity contribution in [2.45, 2.75) is 20.8 Å². The maximum atomic E-state index is 5.55. The van der Waals surface area contributed by atoms with Crippen LogP contribution in [0.1, 0.15) is 16.7 Å².